The van der Waals surface area contributed by atoms with Gasteiger partial charge in [0.05, 0.1) is 0 Å². The molecule has 7 unspecified atom stereocenters. The maximum Gasteiger partial charge on any atom is 0.0291 e. The Morgan fingerprint density at radius 2 is 1.33 bits per heavy atom. The Hall–Kier alpha value is 3.15. The van der Waals surface area contributed by atoms with Crippen LogP contribution in [0.15, 0.2) is 0 Å². The van der Waals surface area contributed by atoms with Crippen LogP contribution in [-0.2, 0) is 0 Å². The van der Waals surface area contributed by atoms with E-state index in [2.05, 4.69) is 94.1 Å². The normalized spacial score (nSPS) is 34.1. The van der Waals surface area contributed by atoms with E-state index in [0.717, 1.165) is 31.5 Å². The molecule has 4 fully saturated rings. The molecular formula is C18H30S9. The molecule has 0 N–H and O–H groups in total. The molecule has 0 aromatic rings. The second kappa shape index (κ2) is 12.4. The van der Waals surface area contributed by atoms with E-state index < -0.39 is 0 Å². The minimum absolute atomic E-state index is 0.583. The predicted molar refractivity (Wildman–Crippen MR) is 150 cm³/mol. The highest BCUT2D eigenvalue weighted by molar-refractivity contribution is 8.11. The minimum Gasteiger partial charge on any atom is -0.175 e. The summed E-state index contributed by atoms with van der Waals surface area (Å²) in [7, 11) is 0. The van der Waals surface area contributed by atoms with Crippen molar-refractivity contribution in [2.24, 2.45) is 0 Å². The lowest BCUT2D eigenvalue weighted by Gasteiger charge is -2.31. The van der Waals surface area contributed by atoms with E-state index in [-0.39, 0.29) is 0 Å². The molecule has 0 aliphatic carbocycles. The number of thiol groups is 1. The van der Waals surface area contributed by atoms with E-state index in [4.69, 9.17) is 12.6 Å². The summed E-state index contributed by atoms with van der Waals surface area (Å²) in [6, 6.07) is 0. The molecule has 0 spiro atoms. The fourth-order valence-electron chi connectivity index (χ4n) is 2.81. The van der Waals surface area contributed by atoms with Crippen molar-refractivity contribution in [3.63, 3.8) is 0 Å². The molecule has 0 saturated carbocycles. The SMILES string of the molecule is SC(CC1CS1)C(SCCSCC1CS1)C(CSCC1CS1)SCC1CS1. The van der Waals surface area contributed by atoms with Gasteiger partial charge in [-0.25, -0.2) is 0 Å². The summed E-state index contributed by atoms with van der Waals surface area (Å²) >= 11 is 22.7. The van der Waals surface area contributed by atoms with Gasteiger partial charge in [0, 0.05) is 94.3 Å². The molecule has 9 heteroatoms. The molecule has 0 bridgehead atoms. The fourth-order valence-corrected chi connectivity index (χ4v) is 13.1. The van der Waals surface area contributed by atoms with Crippen LogP contribution in [0.25, 0.3) is 0 Å². The van der Waals surface area contributed by atoms with Crippen LogP contribution in [0.3, 0.4) is 0 Å². The average Bonchev–Trinajstić information content (AvgIpc) is 3.47. The number of hydrogen-bond donors (Lipinski definition) is 1. The van der Waals surface area contributed by atoms with Crippen LogP contribution in [-0.4, -0.2) is 94.3 Å². The molecule has 0 aromatic heterocycles. The molecule has 0 nitrogen and oxygen atoms in total. The first-order valence-corrected chi connectivity index (χ1v) is 18.9. The summed E-state index contributed by atoms with van der Waals surface area (Å²) in [5.74, 6) is 13.7. The van der Waals surface area contributed by atoms with Gasteiger partial charge in [-0.05, 0) is 6.42 Å². The average molecular weight is 535 g/mol. The van der Waals surface area contributed by atoms with E-state index in [1.54, 1.807) is 0 Å². The maximum atomic E-state index is 5.17. The Bertz CT molecular complexity index is 435. The van der Waals surface area contributed by atoms with E-state index in [0.29, 0.717) is 5.25 Å². The Morgan fingerprint density at radius 3 is 1.96 bits per heavy atom. The lowest BCUT2D eigenvalue weighted by atomic mass is 10.1. The van der Waals surface area contributed by atoms with Crippen molar-refractivity contribution >= 4 is 107 Å². The number of thioether (sulfide) groups is 8. The highest BCUT2D eigenvalue weighted by Gasteiger charge is 2.35. The highest BCUT2D eigenvalue weighted by atomic mass is 32.2. The summed E-state index contributed by atoms with van der Waals surface area (Å²) in [6.07, 6.45) is 1.33. The zero-order valence-corrected chi connectivity index (χ0v) is 23.0. The Labute approximate surface area is 205 Å². The van der Waals surface area contributed by atoms with Crippen molar-refractivity contribution in [2.45, 2.75) is 43.2 Å². The maximum absolute atomic E-state index is 5.17. The third-order valence-electron chi connectivity index (χ3n) is 4.78. The first-order valence-electron chi connectivity index (χ1n) is 9.81. The molecule has 4 rings (SSSR count). The van der Waals surface area contributed by atoms with Crippen molar-refractivity contribution in [3.05, 3.63) is 0 Å². The highest BCUT2D eigenvalue weighted by Crippen LogP contribution is 2.43. The molecular weight excluding hydrogens is 505 g/mol. The van der Waals surface area contributed by atoms with E-state index in [1.165, 1.54) is 63.9 Å². The zero-order chi connectivity index (χ0) is 18.5. The number of hydrogen-bond acceptors (Lipinski definition) is 9. The van der Waals surface area contributed by atoms with Crippen LogP contribution in [0, 0.1) is 0 Å². The predicted octanol–water partition coefficient (Wildman–Crippen LogP) is 5.81. The van der Waals surface area contributed by atoms with Gasteiger partial charge >= 0.3 is 0 Å². The van der Waals surface area contributed by atoms with Gasteiger partial charge in [0.2, 0.25) is 0 Å². The van der Waals surface area contributed by atoms with Crippen molar-refractivity contribution in [1.29, 1.82) is 0 Å². The lowest BCUT2D eigenvalue weighted by Crippen LogP contribution is -2.33. The molecule has 0 amide bonds. The van der Waals surface area contributed by atoms with Crippen LogP contribution in [0.5, 0.6) is 0 Å². The van der Waals surface area contributed by atoms with Crippen LogP contribution >= 0.6 is 107 Å². The topological polar surface area (TPSA) is 0 Å². The summed E-state index contributed by atoms with van der Waals surface area (Å²) in [4.78, 5) is 0. The summed E-state index contributed by atoms with van der Waals surface area (Å²) < 4.78 is 0. The first-order chi connectivity index (χ1) is 13.3. The summed E-state index contributed by atoms with van der Waals surface area (Å²) in [5.41, 5.74) is 0. The molecule has 4 saturated heterocycles. The van der Waals surface area contributed by atoms with E-state index >= 15 is 0 Å². The molecule has 27 heavy (non-hydrogen) atoms. The molecule has 0 radical (unpaired) electrons. The number of rotatable bonds is 17. The Kier molecular flexibility index (Phi) is 10.7. The van der Waals surface area contributed by atoms with Crippen molar-refractivity contribution in [1.82, 2.24) is 0 Å². The second-order valence-electron chi connectivity index (χ2n) is 7.44. The quantitative estimate of drug-likeness (QED) is 0.139. The van der Waals surface area contributed by atoms with Crippen molar-refractivity contribution < 1.29 is 0 Å². The van der Waals surface area contributed by atoms with Gasteiger partial charge in [-0.15, -0.1) is 0 Å². The molecule has 0 aromatic carbocycles. The fraction of sp³-hybridized carbons (Fsp3) is 1.00. The smallest absolute Gasteiger partial charge is 0.0291 e. The Morgan fingerprint density at radius 1 is 0.741 bits per heavy atom. The van der Waals surface area contributed by atoms with Crippen LogP contribution < -0.4 is 0 Å². The zero-order valence-electron chi connectivity index (χ0n) is 15.5. The molecule has 4 aliphatic heterocycles. The van der Waals surface area contributed by atoms with Crippen LogP contribution in [0.1, 0.15) is 6.42 Å². The van der Waals surface area contributed by atoms with Crippen molar-refractivity contribution in [3.8, 4) is 0 Å². The molecule has 7 atom stereocenters. The standard InChI is InChI=1S/C18H30S9/c19-16(3-12-6-23-12)18(22-2-1-20-4-13-7-24-13)17(27-10-15-9-26-15)11-21-5-14-8-25-14/h12-19H,1-11H2. The van der Waals surface area contributed by atoms with Crippen molar-refractivity contribution in [2.75, 3.05) is 57.5 Å². The van der Waals surface area contributed by atoms with E-state index in [9.17, 15) is 0 Å². The first kappa shape index (κ1) is 23.3. The monoisotopic (exact) mass is 534 g/mol. The van der Waals surface area contributed by atoms with E-state index in [1.807, 2.05) is 0 Å². The van der Waals surface area contributed by atoms with Gasteiger partial charge in [0.25, 0.3) is 0 Å². The second-order valence-corrected chi connectivity index (χ2v) is 18.2. The minimum atomic E-state index is 0.583. The lowest BCUT2D eigenvalue weighted by molar-refractivity contribution is 0.732. The third kappa shape index (κ3) is 10.1. The summed E-state index contributed by atoms with van der Waals surface area (Å²) in [5, 5.41) is 5.93. The van der Waals surface area contributed by atoms with Gasteiger partial charge in [0.15, 0.2) is 0 Å². The third-order valence-corrected chi connectivity index (χ3v) is 16.0. The van der Waals surface area contributed by atoms with Gasteiger partial charge in [-0.2, -0.15) is 107 Å². The van der Waals surface area contributed by atoms with Crippen LogP contribution in [0.2, 0.25) is 0 Å². The molecule has 156 valence electrons. The summed E-state index contributed by atoms with van der Waals surface area (Å²) in [6.45, 7) is 0. The van der Waals surface area contributed by atoms with Gasteiger partial charge in [-0.3, -0.25) is 0 Å². The molecule has 4 aliphatic rings. The van der Waals surface area contributed by atoms with Crippen LogP contribution in [0.4, 0.5) is 0 Å². The Balaban J connectivity index is 1.25. The largest absolute Gasteiger partial charge is 0.175 e. The van der Waals surface area contributed by atoms with Gasteiger partial charge in [0.1, 0.15) is 0 Å². The van der Waals surface area contributed by atoms with Gasteiger partial charge < -0.3 is 0 Å². The molecule has 4 heterocycles. The van der Waals surface area contributed by atoms with Gasteiger partial charge in [-0.1, -0.05) is 0 Å².